The molecule has 1 saturated heterocycles. The number of carbonyl (C=O) groups is 4. The number of hydrogen-bond acceptors (Lipinski definition) is 8. The van der Waals surface area contributed by atoms with Gasteiger partial charge in [-0.1, -0.05) is 26.3 Å². The number of aliphatic hydroxyl groups excluding tert-OH is 1. The molecule has 0 bridgehead atoms. The van der Waals surface area contributed by atoms with Gasteiger partial charge < -0.3 is 30.3 Å². The highest BCUT2D eigenvalue weighted by atomic mass is 16.6. The zero-order valence-electron chi connectivity index (χ0n) is 18.5. The average Bonchev–Trinajstić information content (AvgIpc) is 2.74. The second-order valence-electron chi connectivity index (χ2n) is 8.27. The number of aromatic hydroxyl groups is 1. The van der Waals surface area contributed by atoms with E-state index in [0.717, 1.165) is 0 Å². The fourth-order valence-corrected chi connectivity index (χ4v) is 3.43. The number of esters is 2. The number of phenolic OH excluding ortho intramolecular Hbond substituents is 1. The second kappa shape index (κ2) is 10.9. The Balaban J connectivity index is 2.26. The highest BCUT2D eigenvalue weighted by Gasteiger charge is 2.41. The van der Waals surface area contributed by atoms with Crippen molar-refractivity contribution in [2.75, 3.05) is 5.32 Å². The number of anilines is 1. The van der Waals surface area contributed by atoms with Crippen LogP contribution < -0.4 is 10.6 Å². The van der Waals surface area contributed by atoms with Gasteiger partial charge in [0.1, 0.15) is 18.3 Å². The summed E-state index contributed by atoms with van der Waals surface area (Å²) in [6.45, 7) is 6.86. The summed E-state index contributed by atoms with van der Waals surface area (Å²) in [4.78, 5) is 48.9. The topological polar surface area (TPSA) is 151 Å². The first-order valence-corrected chi connectivity index (χ1v) is 10.5. The largest absolute Gasteiger partial charge is 0.505 e. The molecule has 4 N–H and O–H groups in total. The van der Waals surface area contributed by atoms with Crippen LogP contribution in [0, 0.1) is 11.8 Å². The molecule has 2 amide bonds. The lowest BCUT2D eigenvalue weighted by molar-refractivity contribution is -0.160. The summed E-state index contributed by atoms with van der Waals surface area (Å²) in [7, 11) is 0. The minimum absolute atomic E-state index is 0.00825. The van der Waals surface area contributed by atoms with E-state index in [1.807, 2.05) is 13.8 Å². The molecule has 1 aliphatic rings. The molecule has 1 aliphatic heterocycles. The maximum Gasteiger partial charge on any atom is 0.332 e. The van der Waals surface area contributed by atoms with Crippen molar-refractivity contribution in [3.8, 4) is 5.75 Å². The van der Waals surface area contributed by atoms with Gasteiger partial charge in [0.05, 0.1) is 17.2 Å². The number of phenols is 1. The molecule has 32 heavy (non-hydrogen) atoms. The summed E-state index contributed by atoms with van der Waals surface area (Å²) in [6, 6.07) is 2.74. The van der Waals surface area contributed by atoms with Crippen LogP contribution in [-0.4, -0.2) is 58.8 Å². The molecule has 10 heteroatoms. The second-order valence-corrected chi connectivity index (χ2v) is 8.27. The summed E-state index contributed by atoms with van der Waals surface area (Å²) < 4.78 is 10.7. The Hall–Kier alpha value is -3.14. The van der Waals surface area contributed by atoms with E-state index in [9.17, 15) is 29.4 Å². The third-order valence-corrected chi connectivity index (χ3v) is 5.36. The normalized spacial score (nSPS) is 26.2. The molecule has 10 nitrogen and oxygen atoms in total. The minimum Gasteiger partial charge on any atom is -0.505 e. The van der Waals surface area contributed by atoms with E-state index in [2.05, 4.69) is 10.6 Å². The fourth-order valence-electron chi connectivity index (χ4n) is 3.43. The quantitative estimate of drug-likeness (QED) is 0.276. The Morgan fingerprint density at radius 3 is 2.44 bits per heavy atom. The summed E-state index contributed by atoms with van der Waals surface area (Å²) in [5, 5.41) is 25.5. The van der Waals surface area contributed by atoms with Crippen molar-refractivity contribution in [1.29, 1.82) is 0 Å². The van der Waals surface area contributed by atoms with E-state index < -0.39 is 53.9 Å². The summed E-state index contributed by atoms with van der Waals surface area (Å²) in [6.07, 6.45) is -2.01. The summed E-state index contributed by atoms with van der Waals surface area (Å²) in [5.41, 5.74) is -0.195. The molecule has 0 aliphatic carbocycles. The third-order valence-electron chi connectivity index (χ3n) is 5.36. The molecule has 176 valence electrons. The van der Waals surface area contributed by atoms with Crippen LogP contribution in [-0.2, 0) is 23.9 Å². The lowest BCUT2D eigenvalue weighted by atomic mass is 9.91. The van der Waals surface area contributed by atoms with Crippen LogP contribution in [0.3, 0.4) is 0 Å². The highest BCUT2D eigenvalue weighted by Crippen LogP contribution is 2.28. The molecule has 1 aromatic rings. The Morgan fingerprint density at radius 1 is 1.16 bits per heavy atom. The fraction of sp³-hybridized carbons (Fsp3) is 0.545. The SMILES string of the molecule is CC(C)CC[C@@H]1C(=O)O[C@@H](C)[C@H](NC(=O)c2cccc(NC=O)c2O)C(=O)O[C@H](C)[C@@H]1O. The van der Waals surface area contributed by atoms with Crippen molar-refractivity contribution in [3.05, 3.63) is 23.8 Å². The van der Waals surface area contributed by atoms with Crippen molar-refractivity contribution >= 4 is 29.9 Å². The van der Waals surface area contributed by atoms with Gasteiger partial charge in [-0.05, 0) is 38.3 Å². The van der Waals surface area contributed by atoms with Gasteiger partial charge in [0, 0.05) is 0 Å². The number of nitrogens with one attached hydrogen (secondary N) is 2. The van der Waals surface area contributed by atoms with Crippen molar-refractivity contribution in [2.24, 2.45) is 11.8 Å². The molecule has 0 aromatic heterocycles. The monoisotopic (exact) mass is 450 g/mol. The van der Waals surface area contributed by atoms with Crippen LogP contribution in [0.4, 0.5) is 5.69 Å². The highest BCUT2D eigenvalue weighted by molar-refractivity contribution is 6.01. The van der Waals surface area contributed by atoms with Gasteiger partial charge in [0.2, 0.25) is 6.41 Å². The van der Waals surface area contributed by atoms with Gasteiger partial charge in [-0.25, -0.2) is 4.79 Å². The van der Waals surface area contributed by atoms with Crippen LogP contribution in [0.1, 0.15) is 50.9 Å². The van der Waals surface area contributed by atoms with Crippen molar-refractivity contribution in [1.82, 2.24) is 5.32 Å². The van der Waals surface area contributed by atoms with Crippen molar-refractivity contribution in [3.63, 3.8) is 0 Å². The van der Waals surface area contributed by atoms with Crippen LogP contribution in [0.5, 0.6) is 5.75 Å². The Bertz CT molecular complexity index is 856. The zero-order chi connectivity index (χ0) is 24.0. The predicted octanol–water partition coefficient (Wildman–Crippen LogP) is 1.35. The lowest BCUT2D eigenvalue weighted by Crippen LogP contribution is -2.50. The number of amides is 2. The summed E-state index contributed by atoms with van der Waals surface area (Å²) >= 11 is 0. The third kappa shape index (κ3) is 5.97. The maximum atomic E-state index is 12.7. The molecule has 1 heterocycles. The number of benzene rings is 1. The first-order valence-electron chi connectivity index (χ1n) is 10.5. The molecule has 0 spiro atoms. The van der Waals surface area contributed by atoms with Gasteiger partial charge in [-0.15, -0.1) is 0 Å². The van der Waals surface area contributed by atoms with Gasteiger partial charge in [0.25, 0.3) is 5.91 Å². The van der Waals surface area contributed by atoms with Crippen LogP contribution in [0.25, 0.3) is 0 Å². The van der Waals surface area contributed by atoms with E-state index in [0.29, 0.717) is 25.2 Å². The molecule has 0 unspecified atom stereocenters. The first kappa shape index (κ1) is 25.1. The van der Waals surface area contributed by atoms with Gasteiger partial charge >= 0.3 is 11.9 Å². The van der Waals surface area contributed by atoms with E-state index in [-0.39, 0.29) is 11.3 Å². The summed E-state index contributed by atoms with van der Waals surface area (Å²) in [5.74, 6) is -3.50. The lowest BCUT2D eigenvalue weighted by Gasteiger charge is -2.25. The van der Waals surface area contributed by atoms with Gasteiger partial charge in [-0.3, -0.25) is 14.4 Å². The van der Waals surface area contributed by atoms with E-state index in [1.165, 1.54) is 32.0 Å². The minimum atomic E-state index is -1.38. The molecule has 0 radical (unpaired) electrons. The van der Waals surface area contributed by atoms with Crippen LogP contribution >= 0.6 is 0 Å². The van der Waals surface area contributed by atoms with Crippen molar-refractivity contribution < 1.29 is 38.9 Å². The molecule has 5 atom stereocenters. The van der Waals surface area contributed by atoms with Crippen LogP contribution in [0.2, 0.25) is 0 Å². The van der Waals surface area contributed by atoms with E-state index in [1.54, 1.807) is 0 Å². The number of rotatable bonds is 7. The van der Waals surface area contributed by atoms with Gasteiger partial charge in [-0.2, -0.15) is 0 Å². The number of para-hydroxylation sites is 1. The van der Waals surface area contributed by atoms with Gasteiger partial charge in [0.15, 0.2) is 11.8 Å². The maximum absolute atomic E-state index is 12.7. The van der Waals surface area contributed by atoms with Crippen molar-refractivity contribution in [2.45, 2.75) is 64.9 Å². The standard InChI is InChI=1S/C22H30N2O8/c1-11(2)8-9-15-18(26)13(4)32-22(30)17(12(3)31-21(15)29)24-20(28)14-6-5-7-16(19(14)27)23-10-25/h5-7,10-13,15,17-18,26-27H,8-9H2,1-4H3,(H,23,25)(H,24,28)/t12-,13+,15-,17-,18-/m0/s1. The Labute approximate surface area is 186 Å². The molecule has 1 aromatic carbocycles. The Kier molecular flexibility index (Phi) is 8.59. The zero-order valence-corrected chi connectivity index (χ0v) is 18.5. The Morgan fingerprint density at radius 2 is 1.81 bits per heavy atom. The van der Waals surface area contributed by atoms with E-state index >= 15 is 0 Å². The molecule has 0 saturated carbocycles. The molecular formula is C22H30N2O8. The number of ether oxygens (including phenoxy) is 2. The van der Waals surface area contributed by atoms with Crippen LogP contribution in [0.15, 0.2) is 18.2 Å². The first-order chi connectivity index (χ1) is 15.1. The number of carbonyl (C=O) groups excluding carboxylic acids is 4. The molecule has 1 fully saturated rings. The average molecular weight is 450 g/mol. The number of hydrogen-bond donors (Lipinski definition) is 4. The molecule has 2 rings (SSSR count). The number of cyclic esters (lactones) is 2. The predicted molar refractivity (Wildman–Crippen MR) is 114 cm³/mol. The van der Waals surface area contributed by atoms with E-state index in [4.69, 9.17) is 9.47 Å². The smallest absolute Gasteiger partial charge is 0.332 e. The molecular weight excluding hydrogens is 420 g/mol. The number of aliphatic hydroxyl groups is 1.